The highest BCUT2D eigenvalue weighted by molar-refractivity contribution is 5.80. The van der Waals surface area contributed by atoms with Gasteiger partial charge in [-0.15, -0.1) is 0 Å². The second kappa shape index (κ2) is 10.1. The molecule has 0 unspecified atom stereocenters. The van der Waals surface area contributed by atoms with E-state index in [1.54, 1.807) is 0 Å². The molecule has 0 aromatic heterocycles. The summed E-state index contributed by atoms with van der Waals surface area (Å²) in [4.78, 5) is 20.7. The van der Waals surface area contributed by atoms with Crippen molar-refractivity contribution in [1.82, 2.24) is 0 Å². The van der Waals surface area contributed by atoms with Gasteiger partial charge in [-0.05, 0) is 6.92 Å². The maximum atomic E-state index is 10.5. The van der Waals surface area contributed by atoms with Gasteiger partial charge in [-0.3, -0.25) is 9.59 Å². The number of nitrogens with two attached hydrogens (primary N) is 1. The summed E-state index contributed by atoms with van der Waals surface area (Å²) in [6.45, 7) is 5.48. The van der Waals surface area contributed by atoms with E-state index in [-0.39, 0.29) is 25.4 Å². The maximum Gasteiger partial charge on any atom is 0.307 e. The first-order chi connectivity index (χ1) is 5.66. The molecule has 0 aliphatic rings. The van der Waals surface area contributed by atoms with Gasteiger partial charge in [-0.1, -0.05) is 13.8 Å². The summed E-state index contributed by atoms with van der Waals surface area (Å²) in [5, 5.41) is 0. The Morgan fingerprint density at radius 3 is 2.17 bits per heavy atom. The molecule has 72 valence electrons. The standard InChI is InChI=1S/C6H11NO3.C2H6/c1-5(8)4-10-6(9)2-3-7;1-2/h2-4,7H2,1H3;1-2H3. The molecule has 0 heterocycles. The zero-order chi connectivity index (χ0) is 9.98. The van der Waals surface area contributed by atoms with Crippen LogP contribution in [0.3, 0.4) is 0 Å². The van der Waals surface area contributed by atoms with Crippen molar-refractivity contribution >= 4 is 11.8 Å². The van der Waals surface area contributed by atoms with Gasteiger partial charge in [0.2, 0.25) is 0 Å². The van der Waals surface area contributed by atoms with Crippen LogP contribution in [0.25, 0.3) is 0 Å². The molecule has 0 spiro atoms. The third kappa shape index (κ3) is 11.8. The summed E-state index contributed by atoms with van der Waals surface area (Å²) in [7, 11) is 0. The number of rotatable bonds is 4. The van der Waals surface area contributed by atoms with Crippen LogP contribution < -0.4 is 5.73 Å². The monoisotopic (exact) mass is 175 g/mol. The van der Waals surface area contributed by atoms with E-state index in [0.29, 0.717) is 0 Å². The van der Waals surface area contributed by atoms with E-state index in [4.69, 9.17) is 5.73 Å². The molecule has 0 amide bonds. The molecule has 0 aliphatic carbocycles. The van der Waals surface area contributed by atoms with Gasteiger partial charge >= 0.3 is 5.97 Å². The summed E-state index contributed by atoms with van der Waals surface area (Å²) in [6.07, 6.45) is 0.174. The van der Waals surface area contributed by atoms with Crippen LogP contribution >= 0.6 is 0 Å². The highest BCUT2D eigenvalue weighted by Crippen LogP contribution is 1.83. The predicted molar refractivity (Wildman–Crippen MR) is 46.7 cm³/mol. The van der Waals surface area contributed by atoms with Crippen LogP contribution in [0.2, 0.25) is 0 Å². The Bertz CT molecular complexity index is 134. The molecule has 2 N–H and O–H groups in total. The van der Waals surface area contributed by atoms with Crippen molar-refractivity contribution in [1.29, 1.82) is 0 Å². The van der Waals surface area contributed by atoms with E-state index < -0.39 is 5.97 Å². The van der Waals surface area contributed by atoms with Crippen LogP contribution in [-0.4, -0.2) is 24.9 Å². The molecule has 0 saturated heterocycles. The Kier molecular flexibility index (Phi) is 11.5. The first kappa shape index (κ1) is 13.7. The van der Waals surface area contributed by atoms with Gasteiger partial charge in [-0.25, -0.2) is 0 Å². The van der Waals surface area contributed by atoms with Gasteiger partial charge in [0.1, 0.15) is 6.61 Å². The van der Waals surface area contributed by atoms with E-state index in [1.165, 1.54) is 6.92 Å². The number of hydrogen-bond acceptors (Lipinski definition) is 4. The van der Waals surface area contributed by atoms with Gasteiger partial charge < -0.3 is 10.5 Å². The second-order valence-electron chi connectivity index (χ2n) is 1.90. The molecule has 0 rings (SSSR count). The van der Waals surface area contributed by atoms with Gasteiger partial charge in [0.25, 0.3) is 0 Å². The van der Waals surface area contributed by atoms with Crippen molar-refractivity contribution < 1.29 is 14.3 Å². The van der Waals surface area contributed by atoms with Crippen molar-refractivity contribution in [2.75, 3.05) is 13.2 Å². The number of Topliss-reactive ketones (excluding diaryl/α,β-unsaturated/α-hetero) is 1. The van der Waals surface area contributed by atoms with Crippen LogP contribution in [0.4, 0.5) is 0 Å². The van der Waals surface area contributed by atoms with Crippen molar-refractivity contribution in [3.05, 3.63) is 0 Å². The minimum absolute atomic E-state index is 0.140. The van der Waals surface area contributed by atoms with Gasteiger partial charge in [0.15, 0.2) is 5.78 Å². The van der Waals surface area contributed by atoms with Gasteiger partial charge in [0.05, 0.1) is 6.42 Å². The fourth-order valence-corrected chi connectivity index (χ4v) is 0.372. The van der Waals surface area contributed by atoms with Crippen molar-refractivity contribution in [2.45, 2.75) is 27.2 Å². The Hall–Kier alpha value is -0.900. The zero-order valence-corrected chi connectivity index (χ0v) is 7.92. The molecule has 0 atom stereocenters. The summed E-state index contributed by atoms with van der Waals surface area (Å²) in [5.74, 6) is -0.580. The molecule has 4 heteroatoms. The minimum atomic E-state index is -0.419. The lowest BCUT2D eigenvalue weighted by atomic mass is 10.4. The summed E-state index contributed by atoms with van der Waals surface area (Å²) >= 11 is 0. The van der Waals surface area contributed by atoms with Crippen molar-refractivity contribution in [3.8, 4) is 0 Å². The van der Waals surface area contributed by atoms with E-state index in [0.717, 1.165) is 0 Å². The normalized spacial score (nSPS) is 8.00. The van der Waals surface area contributed by atoms with Crippen LogP contribution in [0.1, 0.15) is 27.2 Å². The smallest absolute Gasteiger partial charge is 0.307 e. The lowest BCUT2D eigenvalue weighted by Crippen LogP contribution is -2.14. The van der Waals surface area contributed by atoms with Crippen LogP contribution in [0.5, 0.6) is 0 Å². The van der Waals surface area contributed by atoms with E-state index in [9.17, 15) is 9.59 Å². The van der Waals surface area contributed by atoms with Crippen LogP contribution in [0, 0.1) is 0 Å². The van der Waals surface area contributed by atoms with Crippen LogP contribution in [0.15, 0.2) is 0 Å². The third-order valence-electron chi connectivity index (χ3n) is 0.785. The average Bonchev–Trinajstić information content (AvgIpc) is 2.05. The van der Waals surface area contributed by atoms with Gasteiger partial charge in [0, 0.05) is 6.54 Å². The highest BCUT2D eigenvalue weighted by atomic mass is 16.5. The molecule has 0 aliphatic heterocycles. The van der Waals surface area contributed by atoms with Crippen molar-refractivity contribution in [3.63, 3.8) is 0 Å². The first-order valence-corrected chi connectivity index (χ1v) is 4.02. The molecule has 0 saturated carbocycles. The predicted octanol–water partition coefficient (Wildman–Crippen LogP) is 0.494. The topological polar surface area (TPSA) is 69.4 Å². The number of carbonyl (C=O) groups excluding carboxylic acids is 2. The molecule has 0 aromatic carbocycles. The molecule has 0 radical (unpaired) electrons. The lowest BCUT2D eigenvalue weighted by Gasteiger charge is -1.98. The maximum absolute atomic E-state index is 10.5. The van der Waals surface area contributed by atoms with E-state index >= 15 is 0 Å². The first-order valence-electron chi connectivity index (χ1n) is 4.02. The Morgan fingerprint density at radius 2 is 1.83 bits per heavy atom. The molecule has 0 fully saturated rings. The quantitative estimate of drug-likeness (QED) is 0.631. The number of hydrogen-bond donors (Lipinski definition) is 1. The van der Waals surface area contributed by atoms with E-state index in [2.05, 4.69) is 4.74 Å². The average molecular weight is 175 g/mol. The molecule has 12 heavy (non-hydrogen) atoms. The SMILES string of the molecule is CC.CC(=O)COC(=O)CCN. The zero-order valence-electron chi connectivity index (χ0n) is 7.92. The molecule has 0 bridgehead atoms. The summed E-state index contributed by atoms with van der Waals surface area (Å²) in [6, 6.07) is 0. The highest BCUT2D eigenvalue weighted by Gasteiger charge is 2.01. The number of ether oxygens (including phenoxy) is 1. The summed E-state index contributed by atoms with van der Waals surface area (Å²) < 4.78 is 4.48. The lowest BCUT2D eigenvalue weighted by molar-refractivity contribution is -0.147. The second-order valence-corrected chi connectivity index (χ2v) is 1.90. The van der Waals surface area contributed by atoms with Crippen molar-refractivity contribution in [2.24, 2.45) is 5.73 Å². The fourth-order valence-electron chi connectivity index (χ4n) is 0.372. The van der Waals surface area contributed by atoms with Crippen LogP contribution in [-0.2, 0) is 14.3 Å². The Balaban J connectivity index is 0. The Morgan fingerprint density at radius 1 is 1.33 bits per heavy atom. The molecule has 0 aromatic rings. The third-order valence-corrected chi connectivity index (χ3v) is 0.785. The Labute approximate surface area is 73.1 Å². The number of ketones is 1. The van der Waals surface area contributed by atoms with E-state index in [1.807, 2.05) is 13.8 Å². The molecular formula is C8H17NO3. The molecular weight excluding hydrogens is 158 g/mol. The van der Waals surface area contributed by atoms with Gasteiger partial charge in [-0.2, -0.15) is 0 Å². The number of esters is 1. The molecule has 4 nitrogen and oxygen atoms in total. The fraction of sp³-hybridized carbons (Fsp3) is 0.750. The largest absolute Gasteiger partial charge is 0.458 e. The minimum Gasteiger partial charge on any atom is -0.458 e. The summed E-state index contributed by atoms with van der Waals surface area (Å²) in [5.41, 5.74) is 5.05. The number of carbonyl (C=O) groups is 2.